The Balaban J connectivity index is 1.70. The highest BCUT2D eigenvalue weighted by Gasteiger charge is 2.41. The predicted octanol–water partition coefficient (Wildman–Crippen LogP) is 4.42. The smallest absolute Gasteiger partial charge is 0.410 e. The lowest BCUT2D eigenvalue weighted by Gasteiger charge is -2.21. The van der Waals surface area contributed by atoms with E-state index in [0.717, 1.165) is 11.1 Å². The molecule has 0 bridgehead atoms. The molecule has 1 amide bonds. The number of hydrogen-bond donors (Lipinski definition) is 1. The highest BCUT2D eigenvalue weighted by molar-refractivity contribution is 5.75. The molecule has 1 aliphatic heterocycles. The number of nitrogens with zero attached hydrogens (tertiary/aromatic N) is 1. The molecule has 28 heavy (non-hydrogen) atoms. The van der Waals surface area contributed by atoms with E-state index >= 15 is 0 Å². The van der Waals surface area contributed by atoms with Gasteiger partial charge in [0.25, 0.3) is 0 Å². The number of ether oxygens (including phenoxy) is 1. The lowest BCUT2D eigenvalue weighted by molar-refractivity contribution is -0.141. The van der Waals surface area contributed by atoms with E-state index in [2.05, 4.69) is 20.8 Å². The number of carbonyl (C=O) groups is 2. The van der Waals surface area contributed by atoms with Gasteiger partial charge >= 0.3 is 12.1 Å². The molecule has 5 nitrogen and oxygen atoms in total. The van der Waals surface area contributed by atoms with Gasteiger partial charge < -0.3 is 14.7 Å². The Hall–Kier alpha value is -2.82. The molecule has 0 spiro atoms. The van der Waals surface area contributed by atoms with Gasteiger partial charge in [-0.1, -0.05) is 75.4 Å². The molecule has 2 unspecified atom stereocenters. The van der Waals surface area contributed by atoms with Gasteiger partial charge in [-0.3, -0.25) is 4.79 Å². The molecule has 0 radical (unpaired) electrons. The number of likely N-dealkylation sites (tertiary alicyclic amines) is 1. The number of rotatable bonds is 4. The van der Waals surface area contributed by atoms with Crippen molar-refractivity contribution in [2.45, 2.75) is 38.7 Å². The third kappa shape index (κ3) is 4.53. The van der Waals surface area contributed by atoms with Gasteiger partial charge in [0.1, 0.15) is 6.61 Å². The van der Waals surface area contributed by atoms with Gasteiger partial charge in [0.15, 0.2) is 0 Å². The van der Waals surface area contributed by atoms with E-state index < -0.39 is 18.0 Å². The van der Waals surface area contributed by atoms with Crippen molar-refractivity contribution in [3.63, 3.8) is 0 Å². The van der Waals surface area contributed by atoms with Crippen molar-refractivity contribution < 1.29 is 19.4 Å². The maximum absolute atomic E-state index is 12.5. The first kappa shape index (κ1) is 19.9. The summed E-state index contributed by atoms with van der Waals surface area (Å²) in [6.07, 6.45) is -0.469. The first-order chi connectivity index (χ1) is 13.3. The zero-order valence-corrected chi connectivity index (χ0v) is 16.6. The Morgan fingerprint density at radius 2 is 1.68 bits per heavy atom. The fourth-order valence-corrected chi connectivity index (χ4v) is 3.58. The molecule has 2 aromatic rings. The molecule has 3 rings (SSSR count). The number of carboxylic acids is 1. The summed E-state index contributed by atoms with van der Waals surface area (Å²) in [6.45, 7) is 7.11. The molecular formula is C23H27NO4. The second kappa shape index (κ2) is 8.05. The summed E-state index contributed by atoms with van der Waals surface area (Å²) in [4.78, 5) is 25.7. The van der Waals surface area contributed by atoms with Crippen LogP contribution in [0.5, 0.6) is 0 Å². The van der Waals surface area contributed by atoms with Crippen LogP contribution in [0.4, 0.5) is 4.79 Å². The minimum absolute atomic E-state index is 0.0354. The lowest BCUT2D eigenvalue weighted by atomic mass is 9.83. The molecule has 0 aliphatic carbocycles. The average Bonchev–Trinajstić information content (AvgIpc) is 3.12. The van der Waals surface area contributed by atoms with Crippen LogP contribution in [-0.2, 0) is 21.6 Å². The van der Waals surface area contributed by atoms with Crippen LogP contribution in [0, 0.1) is 5.92 Å². The number of carboxylic acid groups (broad SMARTS) is 1. The fourth-order valence-electron chi connectivity index (χ4n) is 3.58. The topological polar surface area (TPSA) is 66.8 Å². The number of amides is 1. The zero-order chi connectivity index (χ0) is 20.3. The Morgan fingerprint density at radius 1 is 1.04 bits per heavy atom. The van der Waals surface area contributed by atoms with Gasteiger partial charge in [-0.05, 0) is 22.1 Å². The summed E-state index contributed by atoms with van der Waals surface area (Å²) < 4.78 is 5.38. The normalized spacial score (nSPS) is 19.5. The van der Waals surface area contributed by atoms with Crippen molar-refractivity contribution in [2.75, 3.05) is 13.1 Å². The SMILES string of the molecule is CC(C)(C)c1ccc(C2CN(C(=O)OCc3ccccc3)CC2C(=O)O)cc1. The number of hydrogen-bond acceptors (Lipinski definition) is 3. The molecule has 5 heteroatoms. The van der Waals surface area contributed by atoms with E-state index in [1.807, 2.05) is 54.6 Å². The van der Waals surface area contributed by atoms with Crippen LogP contribution in [0.3, 0.4) is 0 Å². The van der Waals surface area contributed by atoms with Crippen LogP contribution in [-0.4, -0.2) is 35.2 Å². The zero-order valence-electron chi connectivity index (χ0n) is 16.6. The number of aliphatic carboxylic acids is 1. The van der Waals surface area contributed by atoms with Crippen molar-refractivity contribution in [3.05, 3.63) is 71.3 Å². The Labute approximate surface area is 165 Å². The van der Waals surface area contributed by atoms with Gasteiger partial charge in [-0.15, -0.1) is 0 Å². The highest BCUT2D eigenvalue weighted by atomic mass is 16.6. The minimum Gasteiger partial charge on any atom is -0.481 e. The standard InChI is InChI=1S/C23H27NO4/c1-23(2,3)18-11-9-17(10-12-18)19-13-24(14-20(19)21(25)26)22(27)28-15-16-7-5-4-6-8-16/h4-12,19-20H,13-15H2,1-3H3,(H,25,26). The highest BCUT2D eigenvalue weighted by Crippen LogP contribution is 2.34. The van der Waals surface area contributed by atoms with Crippen LogP contribution in [0.25, 0.3) is 0 Å². The lowest BCUT2D eigenvalue weighted by Crippen LogP contribution is -2.30. The molecule has 1 fully saturated rings. The van der Waals surface area contributed by atoms with E-state index in [9.17, 15) is 14.7 Å². The summed E-state index contributed by atoms with van der Waals surface area (Å²) in [6, 6.07) is 17.5. The molecule has 1 N–H and O–H groups in total. The number of carbonyl (C=O) groups excluding carboxylic acids is 1. The monoisotopic (exact) mass is 381 g/mol. The molecule has 1 saturated heterocycles. The Morgan fingerprint density at radius 3 is 2.25 bits per heavy atom. The van der Waals surface area contributed by atoms with Gasteiger partial charge in [-0.25, -0.2) is 4.79 Å². The largest absolute Gasteiger partial charge is 0.481 e. The van der Waals surface area contributed by atoms with Crippen molar-refractivity contribution in [2.24, 2.45) is 5.92 Å². The molecular weight excluding hydrogens is 354 g/mol. The van der Waals surface area contributed by atoms with E-state index in [4.69, 9.17) is 4.74 Å². The Bertz CT molecular complexity index is 824. The average molecular weight is 381 g/mol. The van der Waals surface area contributed by atoms with Gasteiger partial charge in [-0.2, -0.15) is 0 Å². The quantitative estimate of drug-likeness (QED) is 0.851. The van der Waals surface area contributed by atoms with E-state index in [1.165, 1.54) is 10.5 Å². The van der Waals surface area contributed by atoms with E-state index in [0.29, 0.717) is 6.54 Å². The van der Waals surface area contributed by atoms with E-state index in [-0.39, 0.29) is 24.5 Å². The maximum atomic E-state index is 12.5. The third-order valence-corrected chi connectivity index (χ3v) is 5.31. The van der Waals surface area contributed by atoms with Crippen molar-refractivity contribution in [3.8, 4) is 0 Å². The van der Waals surface area contributed by atoms with E-state index in [1.54, 1.807) is 0 Å². The predicted molar refractivity (Wildman–Crippen MR) is 107 cm³/mol. The molecule has 1 aliphatic rings. The summed E-state index contributed by atoms with van der Waals surface area (Å²) in [5.41, 5.74) is 3.08. The van der Waals surface area contributed by atoms with Crippen LogP contribution in [0.15, 0.2) is 54.6 Å². The van der Waals surface area contributed by atoms with Crippen molar-refractivity contribution in [1.29, 1.82) is 0 Å². The molecule has 0 aromatic heterocycles. The van der Waals surface area contributed by atoms with Crippen LogP contribution >= 0.6 is 0 Å². The summed E-state index contributed by atoms with van der Waals surface area (Å²) >= 11 is 0. The summed E-state index contributed by atoms with van der Waals surface area (Å²) in [5, 5.41) is 9.66. The second-order valence-electron chi connectivity index (χ2n) is 8.37. The Kier molecular flexibility index (Phi) is 5.73. The van der Waals surface area contributed by atoms with Crippen LogP contribution in [0.2, 0.25) is 0 Å². The first-order valence-electron chi connectivity index (χ1n) is 9.54. The summed E-state index contributed by atoms with van der Waals surface area (Å²) in [7, 11) is 0. The minimum atomic E-state index is -0.886. The molecule has 2 atom stereocenters. The second-order valence-corrected chi connectivity index (χ2v) is 8.37. The van der Waals surface area contributed by atoms with Crippen LogP contribution < -0.4 is 0 Å². The maximum Gasteiger partial charge on any atom is 0.410 e. The molecule has 148 valence electrons. The fraction of sp³-hybridized carbons (Fsp3) is 0.391. The third-order valence-electron chi connectivity index (χ3n) is 5.31. The van der Waals surface area contributed by atoms with Crippen molar-refractivity contribution in [1.82, 2.24) is 4.90 Å². The van der Waals surface area contributed by atoms with Crippen LogP contribution in [0.1, 0.15) is 43.4 Å². The van der Waals surface area contributed by atoms with Gasteiger partial charge in [0, 0.05) is 19.0 Å². The van der Waals surface area contributed by atoms with Gasteiger partial charge in [0.05, 0.1) is 5.92 Å². The number of benzene rings is 2. The van der Waals surface area contributed by atoms with Gasteiger partial charge in [0.2, 0.25) is 0 Å². The molecule has 1 heterocycles. The van der Waals surface area contributed by atoms with Crippen molar-refractivity contribution >= 4 is 12.1 Å². The summed E-state index contributed by atoms with van der Waals surface area (Å²) in [5.74, 6) is -1.76. The molecule has 2 aromatic carbocycles. The molecule has 0 saturated carbocycles. The first-order valence-corrected chi connectivity index (χ1v) is 9.54.